The van der Waals surface area contributed by atoms with E-state index in [0.29, 0.717) is 17.8 Å². The molecule has 0 aliphatic carbocycles. The molecule has 0 N–H and O–H groups in total. The number of nitrogens with zero attached hydrogens (tertiary/aromatic N) is 5. The quantitative estimate of drug-likeness (QED) is 0.707. The van der Waals surface area contributed by atoms with E-state index in [1.54, 1.807) is 22.8 Å². The predicted octanol–water partition coefficient (Wildman–Crippen LogP) is 1.51. The van der Waals surface area contributed by atoms with Crippen LogP contribution < -0.4 is 0 Å². The predicted molar refractivity (Wildman–Crippen MR) is 92.1 cm³/mol. The Morgan fingerprint density at radius 3 is 2.80 bits per heavy atom. The fourth-order valence-electron chi connectivity index (χ4n) is 3.27. The van der Waals surface area contributed by atoms with Crippen LogP contribution in [0, 0.1) is 0 Å². The SMILES string of the molecule is CCc1nn2c3c(cnc2c1S(=O)(=O)c1ccccn1)CN(C)CC3. The van der Waals surface area contributed by atoms with E-state index >= 15 is 0 Å². The Morgan fingerprint density at radius 1 is 1.24 bits per heavy atom. The number of sulfone groups is 1. The first-order valence-electron chi connectivity index (χ1n) is 8.25. The lowest BCUT2D eigenvalue weighted by atomic mass is 10.1. The third-order valence-electron chi connectivity index (χ3n) is 4.54. The molecule has 0 atom stereocenters. The lowest BCUT2D eigenvalue weighted by Gasteiger charge is -2.24. The number of pyridine rings is 1. The first kappa shape index (κ1) is 16.2. The van der Waals surface area contributed by atoms with Crippen molar-refractivity contribution in [3.63, 3.8) is 0 Å². The van der Waals surface area contributed by atoms with Crippen LogP contribution in [0.3, 0.4) is 0 Å². The molecule has 3 aromatic rings. The molecule has 1 aliphatic heterocycles. The van der Waals surface area contributed by atoms with E-state index in [4.69, 9.17) is 0 Å². The highest BCUT2D eigenvalue weighted by atomic mass is 32.2. The van der Waals surface area contributed by atoms with Crippen molar-refractivity contribution in [2.75, 3.05) is 13.6 Å². The lowest BCUT2D eigenvalue weighted by Crippen LogP contribution is -2.28. The maximum Gasteiger partial charge on any atom is 0.229 e. The molecule has 3 aromatic heterocycles. The van der Waals surface area contributed by atoms with Gasteiger partial charge in [-0.25, -0.2) is 22.9 Å². The van der Waals surface area contributed by atoms with Gasteiger partial charge in [0.05, 0.1) is 11.4 Å². The second-order valence-corrected chi connectivity index (χ2v) is 8.09. The van der Waals surface area contributed by atoms with Gasteiger partial charge in [-0.3, -0.25) is 0 Å². The van der Waals surface area contributed by atoms with Gasteiger partial charge in [0, 0.05) is 37.5 Å². The van der Waals surface area contributed by atoms with Crippen molar-refractivity contribution in [2.45, 2.75) is 36.2 Å². The van der Waals surface area contributed by atoms with Crippen molar-refractivity contribution in [3.05, 3.63) is 47.5 Å². The van der Waals surface area contributed by atoms with Crippen LogP contribution in [0.1, 0.15) is 23.9 Å². The second-order valence-electron chi connectivity index (χ2n) is 6.25. The smallest absolute Gasteiger partial charge is 0.229 e. The minimum absolute atomic E-state index is 0.0267. The number of aryl methyl sites for hydroxylation is 1. The van der Waals surface area contributed by atoms with Crippen LogP contribution in [-0.4, -0.2) is 46.5 Å². The monoisotopic (exact) mass is 357 g/mol. The molecule has 25 heavy (non-hydrogen) atoms. The minimum atomic E-state index is -3.77. The summed E-state index contributed by atoms with van der Waals surface area (Å²) in [5.41, 5.74) is 3.06. The molecule has 8 heteroatoms. The summed E-state index contributed by atoms with van der Waals surface area (Å²) in [5.74, 6) is 0. The van der Waals surface area contributed by atoms with Crippen molar-refractivity contribution >= 4 is 15.5 Å². The van der Waals surface area contributed by atoms with Crippen LogP contribution in [0.2, 0.25) is 0 Å². The third kappa shape index (κ3) is 2.52. The molecule has 0 fully saturated rings. The zero-order chi connectivity index (χ0) is 17.6. The fourth-order valence-corrected chi connectivity index (χ4v) is 4.81. The summed E-state index contributed by atoms with van der Waals surface area (Å²) >= 11 is 0. The fraction of sp³-hybridized carbons (Fsp3) is 0.353. The molecule has 7 nitrogen and oxygen atoms in total. The largest absolute Gasteiger partial charge is 0.302 e. The Kier molecular flexibility index (Phi) is 3.81. The molecule has 4 heterocycles. The summed E-state index contributed by atoms with van der Waals surface area (Å²) in [5, 5.41) is 4.62. The summed E-state index contributed by atoms with van der Waals surface area (Å²) in [7, 11) is -1.71. The highest BCUT2D eigenvalue weighted by Gasteiger charge is 2.30. The van der Waals surface area contributed by atoms with Crippen LogP contribution in [0.4, 0.5) is 0 Å². The minimum Gasteiger partial charge on any atom is -0.302 e. The van der Waals surface area contributed by atoms with E-state index in [1.165, 1.54) is 12.3 Å². The molecule has 0 unspecified atom stereocenters. The molecule has 0 radical (unpaired) electrons. The summed E-state index contributed by atoms with van der Waals surface area (Å²) < 4.78 is 28.0. The van der Waals surface area contributed by atoms with E-state index in [0.717, 1.165) is 30.8 Å². The van der Waals surface area contributed by atoms with Gasteiger partial charge in [0.25, 0.3) is 0 Å². The summed E-state index contributed by atoms with van der Waals surface area (Å²) in [6.07, 6.45) is 4.59. The van der Waals surface area contributed by atoms with Crippen LogP contribution in [0.15, 0.2) is 40.5 Å². The average Bonchev–Trinajstić information content (AvgIpc) is 3.02. The van der Waals surface area contributed by atoms with E-state index in [-0.39, 0.29) is 9.92 Å². The molecule has 4 rings (SSSR count). The molecule has 0 bridgehead atoms. The molecule has 0 spiro atoms. The lowest BCUT2D eigenvalue weighted by molar-refractivity contribution is 0.307. The molecule has 1 aliphatic rings. The van der Waals surface area contributed by atoms with Gasteiger partial charge in [0.2, 0.25) is 9.84 Å². The van der Waals surface area contributed by atoms with Gasteiger partial charge in [-0.2, -0.15) is 5.10 Å². The van der Waals surface area contributed by atoms with Crippen LogP contribution in [0.5, 0.6) is 0 Å². The molecule has 0 amide bonds. The topological polar surface area (TPSA) is 80.5 Å². The number of rotatable bonds is 3. The van der Waals surface area contributed by atoms with Gasteiger partial charge in [0.15, 0.2) is 10.7 Å². The van der Waals surface area contributed by atoms with Gasteiger partial charge in [0.1, 0.15) is 4.90 Å². The van der Waals surface area contributed by atoms with Crippen molar-refractivity contribution in [2.24, 2.45) is 0 Å². The summed E-state index contributed by atoms with van der Waals surface area (Å²) in [4.78, 5) is 10.9. The first-order valence-corrected chi connectivity index (χ1v) is 9.73. The Labute approximate surface area is 146 Å². The van der Waals surface area contributed by atoms with Crippen molar-refractivity contribution < 1.29 is 8.42 Å². The molecular weight excluding hydrogens is 338 g/mol. The number of likely N-dealkylation sites (N-methyl/N-ethyl adjacent to an activating group) is 1. The molecular formula is C17H19N5O2S. The highest BCUT2D eigenvalue weighted by molar-refractivity contribution is 7.91. The van der Waals surface area contributed by atoms with Crippen molar-refractivity contribution in [3.8, 4) is 0 Å². The van der Waals surface area contributed by atoms with Gasteiger partial charge < -0.3 is 4.90 Å². The van der Waals surface area contributed by atoms with Gasteiger partial charge in [-0.05, 0) is 25.6 Å². The highest BCUT2D eigenvalue weighted by Crippen LogP contribution is 2.29. The van der Waals surface area contributed by atoms with Crippen molar-refractivity contribution in [1.82, 2.24) is 24.5 Å². The number of hydrogen-bond acceptors (Lipinski definition) is 6. The van der Waals surface area contributed by atoms with Crippen LogP contribution >= 0.6 is 0 Å². The number of aromatic nitrogens is 4. The molecule has 130 valence electrons. The molecule has 0 aromatic carbocycles. The standard InChI is InChI=1S/C17H19N5O2S/c1-3-13-16(25(23,24)15-6-4-5-8-18-15)17-19-10-12-11-21(2)9-7-14(12)22(17)20-13/h4-6,8,10H,3,7,9,11H2,1-2H3. The third-order valence-corrected chi connectivity index (χ3v) is 6.29. The van der Waals surface area contributed by atoms with Crippen LogP contribution in [-0.2, 0) is 29.2 Å². The van der Waals surface area contributed by atoms with Crippen molar-refractivity contribution in [1.29, 1.82) is 0 Å². The van der Waals surface area contributed by atoms with E-state index in [1.807, 2.05) is 6.92 Å². The van der Waals surface area contributed by atoms with E-state index < -0.39 is 9.84 Å². The van der Waals surface area contributed by atoms with E-state index in [2.05, 4.69) is 27.0 Å². The Hall–Kier alpha value is -2.32. The maximum absolute atomic E-state index is 13.1. The molecule has 0 saturated carbocycles. The Morgan fingerprint density at radius 2 is 2.08 bits per heavy atom. The number of hydrogen-bond donors (Lipinski definition) is 0. The van der Waals surface area contributed by atoms with Gasteiger partial charge in [-0.15, -0.1) is 0 Å². The second kappa shape index (κ2) is 5.89. The summed E-state index contributed by atoms with van der Waals surface area (Å²) in [6, 6.07) is 4.87. The van der Waals surface area contributed by atoms with Gasteiger partial charge >= 0.3 is 0 Å². The normalized spacial score (nSPS) is 15.4. The molecule has 0 saturated heterocycles. The van der Waals surface area contributed by atoms with Crippen LogP contribution in [0.25, 0.3) is 5.65 Å². The Bertz CT molecular complexity index is 1040. The maximum atomic E-state index is 13.1. The van der Waals surface area contributed by atoms with Gasteiger partial charge in [-0.1, -0.05) is 13.0 Å². The van der Waals surface area contributed by atoms with E-state index in [9.17, 15) is 8.42 Å². The average molecular weight is 357 g/mol. The zero-order valence-electron chi connectivity index (χ0n) is 14.2. The number of fused-ring (bicyclic) bond motifs is 3. The zero-order valence-corrected chi connectivity index (χ0v) is 15.0. The first-order chi connectivity index (χ1) is 12.0. The summed E-state index contributed by atoms with van der Waals surface area (Å²) in [6.45, 7) is 3.61. The Balaban J connectivity index is 1.99.